The molecule has 180 valence electrons. The number of aliphatic carboxylic acids is 1. The Labute approximate surface area is 199 Å². The van der Waals surface area contributed by atoms with E-state index in [1.54, 1.807) is 31.4 Å². The van der Waals surface area contributed by atoms with Crippen LogP contribution in [0.1, 0.15) is 35.4 Å². The predicted molar refractivity (Wildman–Crippen MR) is 127 cm³/mol. The lowest BCUT2D eigenvalue weighted by molar-refractivity contribution is -0.149. The molecule has 2 aromatic rings. The van der Waals surface area contributed by atoms with Crippen LogP contribution in [-0.2, 0) is 33.7 Å². The summed E-state index contributed by atoms with van der Waals surface area (Å²) >= 11 is 0. The summed E-state index contributed by atoms with van der Waals surface area (Å²) in [7, 11) is 1.62. The lowest BCUT2D eigenvalue weighted by Crippen LogP contribution is -2.48. The number of aromatic nitrogens is 1. The number of rotatable bonds is 10. The van der Waals surface area contributed by atoms with Crippen molar-refractivity contribution in [2.24, 2.45) is 0 Å². The second kappa shape index (κ2) is 12.0. The van der Waals surface area contributed by atoms with Gasteiger partial charge in [-0.3, -0.25) is 4.79 Å². The van der Waals surface area contributed by atoms with Crippen molar-refractivity contribution < 1.29 is 28.6 Å². The van der Waals surface area contributed by atoms with Gasteiger partial charge < -0.3 is 23.9 Å². The number of allylic oxidation sites excluding steroid dienone is 3. The molecule has 0 aliphatic carbocycles. The molecule has 0 unspecified atom stereocenters. The van der Waals surface area contributed by atoms with E-state index < -0.39 is 12.0 Å². The van der Waals surface area contributed by atoms with Crippen LogP contribution < -0.4 is 4.74 Å². The number of oxazole rings is 1. The average Bonchev–Trinajstić information content (AvgIpc) is 3.17. The van der Waals surface area contributed by atoms with E-state index in [0.717, 1.165) is 22.6 Å². The molecule has 2 heterocycles. The van der Waals surface area contributed by atoms with Crippen LogP contribution in [0, 0.1) is 6.92 Å². The van der Waals surface area contributed by atoms with Crippen molar-refractivity contribution in [2.75, 3.05) is 20.3 Å². The van der Waals surface area contributed by atoms with Gasteiger partial charge in [0.2, 0.25) is 11.8 Å². The molecule has 3 rings (SSSR count). The van der Waals surface area contributed by atoms with Crippen LogP contribution >= 0.6 is 0 Å². The van der Waals surface area contributed by atoms with Crippen molar-refractivity contribution in [1.29, 1.82) is 0 Å². The van der Waals surface area contributed by atoms with Crippen molar-refractivity contribution in [3.8, 4) is 5.75 Å². The fraction of sp³-hybridized carbons (Fsp3) is 0.346. The van der Waals surface area contributed by atoms with Gasteiger partial charge >= 0.3 is 5.97 Å². The van der Waals surface area contributed by atoms with E-state index in [1.807, 2.05) is 38.1 Å². The molecule has 1 aromatic heterocycles. The highest BCUT2D eigenvalue weighted by molar-refractivity contribution is 5.92. The van der Waals surface area contributed by atoms with Crippen molar-refractivity contribution in [3.63, 3.8) is 0 Å². The Morgan fingerprint density at radius 2 is 2.12 bits per heavy atom. The Hall–Kier alpha value is -3.65. The number of benzene rings is 1. The lowest BCUT2D eigenvalue weighted by atomic mass is 9.93. The number of methoxy groups -OCH3 is 1. The first-order valence-electron chi connectivity index (χ1n) is 11.1. The molecule has 34 heavy (non-hydrogen) atoms. The monoisotopic (exact) mass is 466 g/mol. The third-order valence-electron chi connectivity index (χ3n) is 5.46. The van der Waals surface area contributed by atoms with E-state index in [0.29, 0.717) is 31.3 Å². The molecule has 1 aliphatic rings. The minimum atomic E-state index is -1.02. The Kier molecular flexibility index (Phi) is 8.81. The minimum Gasteiger partial charge on any atom is -0.493 e. The number of aryl methyl sites for hydroxylation is 1. The zero-order chi connectivity index (χ0) is 24.5. The summed E-state index contributed by atoms with van der Waals surface area (Å²) in [6.45, 7) is 4.81. The van der Waals surface area contributed by atoms with Gasteiger partial charge in [-0.25, -0.2) is 9.78 Å². The van der Waals surface area contributed by atoms with Crippen LogP contribution in [0.4, 0.5) is 0 Å². The van der Waals surface area contributed by atoms with E-state index in [2.05, 4.69) is 4.98 Å². The van der Waals surface area contributed by atoms with E-state index in [9.17, 15) is 14.7 Å². The molecule has 8 nitrogen and oxygen atoms in total. The van der Waals surface area contributed by atoms with Gasteiger partial charge in [0.15, 0.2) is 0 Å². The standard InChI is InChI=1S/C26H30N2O6/c1-4-5-6-9-25(29)28-17-20-15-21(11-10-19(20)16-23(28)26(30)31)33-14-12-22-18(2)34-24(27-22)8-7-13-32-3/h4-11,15,23H,12-14,16-17H2,1-3H3,(H,30,31)/b5-4+,8-7+,9-6+/t23-/m0/s1. The number of hydrogen-bond donors (Lipinski definition) is 1. The van der Waals surface area contributed by atoms with Crippen LogP contribution in [0.5, 0.6) is 5.75 Å². The maximum Gasteiger partial charge on any atom is 0.326 e. The molecular formula is C26H30N2O6. The summed E-state index contributed by atoms with van der Waals surface area (Å²) in [5.41, 5.74) is 2.61. The quantitative estimate of drug-likeness (QED) is 0.420. The van der Waals surface area contributed by atoms with Gasteiger partial charge in [-0.2, -0.15) is 0 Å². The second-order valence-corrected chi connectivity index (χ2v) is 7.85. The van der Waals surface area contributed by atoms with Gasteiger partial charge in [0.05, 0.1) is 18.9 Å². The molecule has 1 aliphatic heterocycles. The van der Waals surface area contributed by atoms with Gasteiger partial charge in [0, 0.05) is 32.6 Å². The van der Waals surface area contributed by atoms with Crippen molar-refractivity contribution >= 4 is 18.0 Å². The summed E-state index contributed by atoms with van der Waals surface area (Å²) < 4.78 is 16.5. The summed E-state index contributed by atoms with van der Waals surface area (Å²) in [5, 5.41) is 9.64. The normalized spacial score (nSPS) is 16.0. The maximum atomic E-state index is 12.6. The highest BCUT2D eigenvalue weighted by Gasteiger charge is 2.33. The topological polar surface area (TPSA) is 102 Å². The van der Waals surface area contributed by atoms with Crippen LogP contribution in [0.25, 0.3) is 6.08 Å². The SMILES string of the molecule is C/C=C/C=C/C(=O)N1Cc2cc(OCCc3nc(/C=C/COC)oc3C)ccc2C[C@H]1C(=O)O. The smallest absolute Gasteiger partial charge is 0.326 e. The zero-order valence-corrected chi connectivity index (χ0v) is 19.7. The van der Waals surface area contributed by atoms with Crippen molar-refractivity contribution in [1.82, 2.24) is 9.88 Å². The molecule has 1 aromatic carbocycles. The number of fused-ring (bicyclic) bond motifs is 1. The van der Waals surface area contributed by atoms with Crippen LogP contribution in [-0.4, -0.2) is 53.2 Å². The number of amides is 1. The van der Waals surface area contributed by atoms with E-state index in [1.165, 1.54) is 11.0 Å². The van der Waals surface area contributed by atoms with Gasteiger partial charge in [-0.15, -0.1) is 0 Å². The number of carbonyl (C=O) groups excluding carboxylic acids is 1. The zero-order valence-electron chi connectivity index (χ0n) is 19.7. The number of nitrogens with zero attached hydrogens (tertiary/aromatic N) is 2. The summed E-state index contributed by atoms with van der Waals surface area (Å²) in [6, 6.07) is 4.68. The Bertz CT molecular complexity index is 1100. The number of carboxylic acids is 1. The van der Waals surface area contributed by atoms with Gasteiger partial charge in [0.1, 0.15) is 17.6 Å². The summed E-state index contributed by atoms with van der Waals surface area (Å²) in [4.78, 5) is 30.2. The average molecular weight is 467 g/mol. The minimum absolute atomic E-state index is 0.210. The fourth-order valence-corrected chi connectivity index (χ4v) is 3.71. The van der Waals surface area contributed by atoms with E-state index in [-0.39, 0.29) is 18.9 Å². The molecule has 1 atom stereocenters. The number of ether oxygens (including phenoxy) is 2. The van der Waals surface area contributed by atoms with Crippen molar-refractivity contribution in [3.05, 3.63) is 77.1 Å². The Morgan fingerprint density at radius 3 is 2.85 bits per heavy atom. The Balaban J connectivity index is 1.66. The van der Waals surface area contributed by atoms with Crippen LogP contribution in [0.3, 0.4) is 0 Å². The maximum absolute atomic E-state index is 12.6. The molecule has 0 spiro atoms. The first kappa shape index (κ1) is 25.0. The molecule has 0 saturated heterocycles. The second-order valence-electron chi connectivity index (χ2n) is 7.85. The third-order valence-corrected chi connectivity index (χ3v) is 5.46. The van der Waals surface area contributed by atoms with Crippen LogP contribution in [0.2, 0.25) is 0 Å². The van der Waals surface area contributed by atoms with Gasteiger partial charge in [-0.1, -0.05) is 30.4 Å². The third kappa shape index (κ3) is 6.45. The first-order valence-corrected chi connectivity index (χ1v) is 11.1. The molecule has 1 amide bonds. The molecule has 0 bridgehead atoms. The fourth-order valence-electron chi connectivity index (χ4n) is 3.71. The molecule has 1 N–H and O–H groups in total. The highest BCUT2D eigenvalue weighted by Crippen LogP contribution is 2.28. The number of hydrogen-bond acceptors (Lipinski definition) is 6. The lowest BCUT2D eigenvalue weighted by Gasteiger charge is -2.34. The summed E-state index contributed by atoms with van der Waals surface area (Å²) in [6.07, 6.45) is 11.0. The molecule has 0 fully saturated rings. The van der Waals surface area contributed by atoms with E-state index >= 15 is 0 Å². The summed E-state index contributed by atoms with van der Waals surface area (Å²) in [5.74, 6) is 0.578. The molecule has 8 heteroatoms. The largest absolute Gasteiger partial charge is 0.493 e. The number of carbonyl (C=O) groups is 2. The first-order chi connectivity index (χ1) is 16.4. The van der Waals surface area contributed by atoms with Crippen molar-refractivity contribution in [2.45, 2.75) is 39.3 Å². The highest BCUT2D eigenvalue weighted by atomic mass is 16.5. The van der Waals surface area contributed by atoms with Gasteiger partial charge in [0.25, 0.3) is 0 Å². The molecular weight excluding hydrogens is 436 g/mol. The predicted octanol–water partition coefficient (Wildman–Crippen LogP) is 3.73. The van der Waals surface area contributed by atoms with E-state index in [4.69, 9.17) is 13.9 Å². The molecule has 0 saturated carbocycles. The number of carboxylic acid groups (broad SMARTS) is 1. The Morgan fingerprint density at radius 1 is 1.29 bits per heavy atom. The molecule has 0 radical (unpaired) electrons. The van der Waals surface area contributed by atoms with Gasteiger partial charge in [-0.05, 0) is 43.2 Å². The van der Waals surface area contributed by atoms with Crippen LogP contribution in [0.15, 0.2) is 53.0 Å².